The molecule has 4 rings (SSSR count). The number of nitrogens with zero attached hydrogens (tertiary/aromatic N) is 1. The van der Waals surface area contributed by atoms with Gasteiger partial charge in [-0.3, -0.25) is 0 Å². The fourth-order valence-corrected chi connectivity index (χ4v) is 4.47. The van der Waals surface area contributed by atoms with Crippen molar-refractivity contribution in [1.82, 2.24) is 10.2 Å². The molecule has 0 amide bonds. The standard InChI is InChI=1S/C20H30N2O/c1-2-4-16(5-3-1)17-8-12-22(13-9-17)18-14-20(15-18)23-19-6-10-21-11-7-19/h1-5,17-21H,6-15H2. The molecule has 126 valence electrons. The third-order valence-electron chi connectivity index (χ3n) is 6.06. The molecule has 0 atom stereocenters. The number of nitrogens with one attached hydrogen (secondary N) is 1. The Balaban J connectivity index is 1.19. The van der Waals surface area contributed by atoms with E-state index in [1.54, 1.807) is 0 Å². The molecule has 1 aromatic carbocycles. The van der Waals surface area contributed by atoms with Crippen LogP contribution >= 0.6 is 0 Å². The van der Waals surface area contributed by atoms with Gasteiger partial charge in [-0.15, -0.1) is 0 Å². The van der Waals surface area contributed by atoms with Crippen LogP contribution in [0.4, 0.5) is 0 Å². The first kappa shape index (κ1) is 15.6. The molecule has 2 aliphatic heterocycles. The molecular weight excluding hydrogens is 284 g/mol. The minimum atomic E-state index is 0.519. The van der Waals surface area contributed by atoms with Crippen LogP contribution in [0.15, 0.2) is 30.3 Å². The summed E-state index contributed by atoms with van der Waals surface area (Å²) < 4.78 is 6.27. The van der Waals surface area contributed by atoms with Crippen LogP contribution in [0, 0.1) is 0 Å². The van der Waals surface area contributed by atoms with Crippen LogP contribution in [0.25, 0.3) is 0 Å². The Morgan fingerprint density at radius 1 is 0.870 bits per heavy atom. The van der Waals surface area contributed by atoms with Gasteiger partial charge in [0.05, 0.1) is 12.2 Å². The van der Waals surface area contributed by atoms with Crippen molar-refractivity contribution in [3.05, 3.63) is 35.9 Å². The van der Waals surface area contributed by atoms with Gasteiger partial charge in [0.25, 0.3) is 0 Å². The van der Waals surface area contributed by atoms with Gasteiger partial charge in [0, 0.05) is 6.04 Å². The lowest BCUT2D eigenvalue weighted by Crippen LogP contribution is -2.51. The Labute approximate surface area is 140 Å². The van der Waals surface area contributed by atoms with E-state index >= 15 is 0 Å². The minimum Gasteiger partial charge on any atom is -0.375 e. The number of ether oxygens (including phenoxy) is 1. The topological polar surface area (TPSA) is 24.5 Å². The number of hydrogen-bond acceptors (Lipinski definition) is 3. The molecule has 1 saturated carbocycles. The van der Waals surface area contributed by atoms with Crippen molar-refractivity contribution in [2.45, 2.75) is 62.7 Å². The van der Waals surface area contributed by atoms with Crippen molar-refractivity contribution < 1.29 is 4.74 Å². The summed E-state index contributed by atoms with van der Waals surface area (Å²) >= 11 is 0. The zero-order valence-corrected chi connectivity index (χ0v) is 14.1. The van der Waals surface area contributed by atoms with E-state index in [1.165, 1.54) is 57.2 Å². The summed E-state index contributed by atoms with van der Waals surface area (Å²) in [5, 5.41) is 3.41. The first-order valence-corrected chi connectivity index (χ1v) is 9.53. The van der Waals surface area contributed by atoms with Gasteiger partial charge >= 0.3 is 0 Å². The fourth-order valence-electron chi connectivity index (χ4n) is 4.47. The summed E-state index contributed by atoms with van der Waals surface area (Å²) in [5.74, 6) is 0.773. The highest BCUT2D eigenvalue weighted by Gasteiger charge is 2.37. The van der Waals surface area contributed by atoms with Crippen LogP contribution in [0.2, 0.25) is 0 Å². The van der Waals surface area contributed by atoms with Gasteiger partial charge in [0.2, 0.25) is 0 Å². The Morgan fingerprint density at radius 3 is 2.26 bits per heavy atom. The predicted molar refractivity (Wildman–Crippen MR) is 93.8 cm³/mol. The lowest BCUT2D eigenvalue weighted by Gasteiger charge is -2.46. The lowest BCUT2D eigenvalue weighted by molar-refractivity contribution is -0.0981. The van der Waals surface area contributed by atoms with Crippen LogP contribution in [-0.2, 0) is 4.74 Å². The van der Waals surface area contributed by atoms with Crippen LogP contribution in [0.5, 0.6) is 0 Å². The Bertz CT molecular complexity index is 472. The second-order valence-corrected chi connectivity index (χ2v) is 7.55. The molecule has 3 fully saturated rings. The maximum atomic E-state index is 6.27. The van der Waals surface area contributed by atoms with Crippen LogP contribution in [-0.4, -0.2) is 49.3 Å². The van der Waals surface area contributed by atoms with Crippen molar-refractivity contribution in [1.29, 1.82) is 0 Å². The molecule has 0 unspecified atom stereocenters. The predicted octanol–water partition coefficient (Wildman–Crippen LogP) is 3.17. The third-order valence-corrected chi connectivity index (χ3v) is 6.06. The third kappa shape index (κ3) is 3.78. The maximum Gasteiger partial charge on any atom is 0.0608 e. The molecule has 0 radical (unpaired) electrons. The summed E-state index contributed by atoms with van der Waals surface area (Å²) in [6.07, 6.45) is 8.62. The highest BCUT2D eigenvalue weighted by atomic mass is 16.5. The van der Waals surface area contributed by atoms with E-state index < -0.39 is 0 Å². The molecular formula is C20H30N2O. The SMILES string of the molecule is c1ccc(C2CCN(C3CC(OC4CCNCC4)C3)CC2)cc1. The largest absolute Gasteiger partial charge is 0.375 e. The second kappa shape index (κ2) is 7.33. The molecule has 23 heavy (non-hydrogen) atoms. The average molecular weight is 314 g/mol. The normalized spacial score (nSPS) is 31.0. The summed E-state index contributed by atoms with van der Waals surface area (Å²) in [5.41, 5.74) is 1.54. The van der Waals surface area contributed by atoms with E-state index in [-0.39, 0.29) is 0 Å². The molecule has 2 saturated heterocycles. The number of piperidine rings is 2. The first-order valence-electron chi connectivity index (χ1n) is 9.53. The maximum absolute atomic E-state index is 6.27. The average Bonchev–Trinajstić information content (AvgIpc) is 2.60. The Kier molecular flexibility index (Phi) is 4.98. The van der Waals surface area contributed by atoms with E-state index in [2.05, 4.69) is 40.5 Å². The van der Waals surface area contributed by atoms with Gasteiger partial charge in [0.1, 0.15) is 0 Å². The van der Waals surface area contributed by atoms with Gasteiger partial charge in [-0.2, -0.15) is 0 Å². The smallest absolute Gasteiger partial charge is 0.0608 e. The van der Waals surface area contributed by atoms with Crippen LogP contribution in [0.1, 0.15) is 50.0 Å². The molecule has 3 aliphatic rings. The van der Waals surface area contributed by atoms with Crippen molar-refractivity contribution in [2.24, 2.45) is 0 Å². The molecule has 1 aromatic rings. The van der Waals surface area contributed by atoms with Crippen molar-refractivity contribution in [2.75, 3.05) is 26.2 Å². The molecule has 3 heteroatoms. The van der Waals surface area contributed by atoms with E-state index in [0.29, 0.717) is 12.2 Å². The number of benzene rings is 1. The Morgan fingerprint density at radius 2 is 1.57 bits per heavy atom. The van der Waals surface area contributed by atoms with E-state index in [4.69, 9.17) is 4.74 Å². The van der Waals surface area contributed by atoms with Crippen molar-refractivity contribution in [3.63, 3.8) is 0 Å². The van der Waals surface area contributed by atoms with Crippen molar-refractivity contribution >= 4 is 0 Å². The minimum absolute atomic E-state index is 0.519. The summed E-state index contributed by atoms with van der Waals surface area (Å²) in [7, 11) is 0. The van der Waals surface area contributed by atoms with Gasteiger partial charge < -0.3 is 15.0 Å². The molecule has 1 aliphatic carbocycles. The highest BCUT2D eigenvalue weighted by molar-refractivity contribution is 5.20. The fraction of sp³-hybridized carbons (Fsp3) is 0.700. The molecule has 3 nitrogen and oxygen atoms in total. The summed E-state index contributed by atoms with van der Waals surface area (Å²) in [6.45, 7) is 4.80. The lowest BCUT2D eigenvalue weighted by atomic mass is 9.83. The first-order chi connectivity index (χ1) is 11.4. The van der Waals surface area contributed by atoms with Gasteiger partial charge in [0.15, 0.2) is 0 Å². The van der Waals surface area contributed by atoms with E-state index in [9.17, 15) is 0 Å². The van der Waals surface area contributed by atoms with Crippen LogP contribution in [0.3, 0.4) is 0 Å². The zero-order valence-electron chi connectivity index (χ0n) is 14.1. The van der Waals surface area contributed by atoms with E-state index in [0.717, 1.165) is 25.0 Å². The van der Waals surface area contributed by atoms with E-state index in [1.807, 2.05) is 0 Å². The number of hydrogen-bond donors (Lipinski definition) is 1. The van der Waals surface area contributed by atoms with Crippen LogP contribution < -0.4 is 5.32 Å². The monoisotopic (exact) mass is 314 g/mol. The highest BCUT2D eigenvalue weighted by Crippen LogP contribution is 2.35. The molecule has 0 spiro atoms. The van der Waals surface area contributed by atoms with Gasteiger partial charge in [-0.05, 0) is 76.2 Å². The zero-order chi connectivity index (χ0) is 15.5. The molecule has 2 heterocycles. The molecule has 0 aromatic heterocycles. The summed E-state index contributed by atoms with van der Waals surface area (Å²) in [6, 6.07) is 11.9. The Hall–Kier alpha value is -0.900. The summed E-state index contributed by atoms with van der Waals surface area (Å²) in [4.78, 5) is 2.72. The molecule has 1 N–H and O–H groups in total. The van der Waals surface area contributed by atoms with Crippen molar-refractivity contribution in [3.8, 4) is 0 Å². The quantitative estimate of drug-likeness (QED) is 0.924. The number of likely N-dealkylation sites (tertiary alicyclic amines) is 1. The number of rotatable bonds is 4. The molecule has 0 bridgehead atoms. The van der Waals surface area contributed by atoms with Gasteiger partial charge in [-0.1, -0.05) is 30.3 Å². The second-order valence-electron chi connectivity index (χ2n) is 7.55. The van der Waals surface area contributed by atoms with Gasteiger partial charge in [-0.25, -0.2) is 0 Å².